The van der Waals surface area contributed by atoms with E-state index >= 15 is 0 Å². The van der Waals surface area contributed by atoms with Crippen LogP contribution < -0.4 is 0 Å². The molecule has 1 aliphatic carbocycles. The molecule has 0 saturated heterocycles. The van der Waals surface area contributed by atoms with Gasteiger partial charge < -0.3 is 0 Å². The third-order valence-electron chi connectivity index (χ3n) is 4.46. The van der Waals surface area contributed by atoms with Gasteiger partial charge in [-0.2, -0.15) is 5.26 Å². The molecule has 106 valence electrons. The fourth-order valence-electron chi connectivity index (χ4n) is 3.17. The van der Waals surface area contributed by atoms with Gasteiger partial charge in [-0.25, -0.2) is 4.39 Å². The predicted octanol–water partition coefficient (Wildman–Crippen LogP) is 5.01. The number of hydrogen-bond acceptors (Lipinski definition) is 1. The summed E-state index contributed by atoms with van der Waals surface area (Å²) in [6.45, 7) is 3.81. The molecule has 0 radical (unpaired) electrons. The molecule has 0 aromatic heterocycles. The fourth-order valence-corrected chi connectivity index (χ4v) is 3.17. The lowest BCUT2D eigenvalue weighted by molar-refractivity contribution is 0.265. The monoisotopic (exact) mass is 271 g/mol. The van der Waals surface area contributed by atoms with Gasteiger partial charge in [-0.1, -0.05) is 25.0 Å². The lowest BCUT2D eigenvalue weighted by atomic mass is 9.78. The smallest absolute Gasteiger partial charge is 0.141 e. The molecule has 0 spiro atoms. The highest BCUT2D eigenvalue weighted by Crippen LogP contribution is 2.33. The van der Waals surface area contributed by atoms with Crippen LogP contribution in [0, 0.1) is 29.0 Å². The number of allylic oxidation sites excluding steroid dienone is 1. The van der Waals surface area contributed by atoms with Gasteiger partial charge in [0, 0.05) is 0 Å². The van der Waals surface area contributed by atoms with E-state index in [1.165, 1.54) is 31.7 Å². The summed E-state index contributed by atoms with van der Waals surface area (Å²) in [6, 6.07) is 6.85. The Balaban J connectivity index is 1.80. The van der Waals surface area contributed by atoms with Gasteiger partial charge in [0.15, 0.2) is 0 Å². The molecule has 0 bridgehead atoms. The van der Waals surface area contributed by atoms with Crippen LogP contribution in [0.1, 0.15) is 49.7 Å². The van der Waals surface area contributed by atoms with Crippen LogP contribution in [0.25, 0.3) is 0 Å². The average Bonchev–Trinajstić information content (AvgIpc) is 2.47. The number of hydrogen-bond donors (Lipinski definition) is 0. The molecule has 0 amide bonds. The summed E-state index contributed by atoms with van der Waals surface area (Å²) < 4.78 is 13.5. The Hall–Kier alpha value is -1.62. The van der Waals surface area contributed by atoms with Crippen molar-refractivity contribution in [3.05, 3.63) is 47.8 Å². The Kier molecular flexibility index (Phi) is 5.35. The van der Waals surface area contributed by atoms with Gasteiger partial charge in [0.2, 0.25) is 0 Å². The van der Waals surface area contributed by atoms with E-state index in [0.29, 0.717) is 0 Å². The Bertz CT molecular complexity index is 493. The number of aryl methyl sites for hydroxylation is 1. The second-order valence-electron chi connectivity index (χ2n) is 5.88. The summed E-state index contributed by atoms with van der Waals surface area (Å²) in [7, 11) is 0. The van der Waals surface area contributed by atoms with E-state index in [0.717, 1.165) is 36.7 Å². The van der Waals surface area contributed by atoms with Crippen molar-refractivity contribution >= 4 is 0 Å². The third-order valence-corrected chi connectivity index (χ3v) is 4.46. The van der Waals surface area contributed by atoms with E-state index in [1.54, 1.807) is 6.07 Å². The summed E-state index contributed by atoms with van der Waals surface area (Å²) in [4.78, 5) is 0. The van der Waals surface area contributed by atoms with Gasteiger partial charge in [0.1, 0.15) is 11.9 Å². The minimum atomic E-state index is -0.389. The number of nitriles is 1. The van der Waals surface area contributed by atoms with E-state index in [-0.39, 0.29) is 11.4 Å². The van der Waals surface area contributed by atoms with Crippen LogP contribution in [0.5, 0.6) is 0 Å². The third kappa shape index (κ3) is 3.93. The van der Waals surface area contributed by atoms with Crippen LogP contribution in [0.2, 0.25) is 0 Å². The molecule has 0 atom stereocenters. The van der Waals surface area contributed by atoms with Gasteiger partial charge in [-0.15, -0.1) is 6.58 Å². The van der Waals surface area contributed by atoms with Gasteiger partial charge in [0.05, 0.1) is 5.56 Å². The lowest BCUT2D eigenvalue weighted by Crippen LogP contribution is -2.14. The summed E-state index contributed by atoms with van der Waals surface area (Å²) in [6.07, 6.45) is 10.4. The highest BCUT2D eigenvalue weighted by Gasteiger charge is 2.20. The van der Waals surface area contributed by atoms with Gasteiger partial charge in [0.25, 0.3) is 0 Å². The minimum absolute atomic E-state index is 0.138. The van der Waals surface area contributed by atoms with E-state index in [9.17, 15) is 4.39 Å². The second-order valence-corrected chi connectivity index (χ2v) is 5.88. The predicted molar refractivity (Wildman–Crippen MR) is 79.7 cm³/mol. The molecule has 0 unspecified atom stereocenters. The summed E-state index contributed by atoms with van der Waals surface area (Å²) in [5.41, 5.74) is 1.15. The van der Waals surface area contributed by atoms with Gasteiger partial charge in [-0.05, 0) is 61.6 Å². The molecule has 0 N–H and O–H groups in total. The molecule has 2 heteroatoms. The van der Waals surface area contributed by atoms with E-state index in [4.69, 9.17) is 5.26 Å². The average molecular weight is 271 g/mol. The molecule has 1 aromatic carbocycles. The largest absolute Gasteiger partial charge is 0.206 e. The number of rotatable bonds is 5. The molecule has 0 heterocycles. The van der Waals surface area contributed by atoms with E-state index in [1.807, 2.05) is 18.2 Å². The van der Waals surface area contributed by atoms with Crippen molar-refractivity contribution in [2.45, 2.75) is 44.9 Å². The first kappa shape index (κ1) is 14.8. The number of nitrogens with zero attached hydrogens (tertiary/aromatic N) is 1. The van der Waals surface area contributed by atoms with Crippen LogP contribution in [0.3, 0.4) is 0 Å². The standard InChI is InChI=1S/C18H22FN/c1-2-3-14-4-6-15(7-5-14)8-9-16-10-11-17(13-20)18(19)12-16/h2,10-12,14-15H,1,3-9H2/t14-,15-. The molecule has 1 nitrogen and oxygen atoms in total. The van der Waals surface area contributed by atoms with Crippen LogP contribution in [-0.4, -0.2) is 0 Å². The molecule has 2 rings (SSSR count). The zero-order chi connectivity index (χ0) is 14.4. The molecule has 1 saturated carbocycles. The maximum atomic E-state index is 13.5. The Morgan fingerprint density at radius 3 is 2.55 bits per heavy atom. The van der Waals surface area contributed by atoms with Crippen molar-refractivity contribution in [2.75, 3.05) is 0 Å². The van der Waals surface area contributed by atoms with E-state index in [2.05, 4.69) is 6.58 Å². The molecule has 1 fully saturated rings. The van der Waals surface area contributed by atoms with Crippen LogP contribution in [-0.2, 0) is 6.42 Å². The van der Waals surface area contributed by atoms with Crippen molar-refractivity contribution in [1.82, 2.24) is 0 Å². The SMILES string of the molecule is C=CC[C@H]1CC[C@H](CCc2ccc(C#N)c(F)c2)CC1. The highest BCUT2D eigenvalue weighted by atomic mass is 19.1. The highest BCUT2D eigenvalue weighted by molar-refractivity contribution is 5.33. The number of benzene rings is 1. The van der Waals surface area contributed by atoms with Crippen molar-refractivity contribution in [1.29, 1.82) is 5.26 Å². The maximum Gasteiger partial charge on any atom is 0.141 e. The maximum absolute atomic E-state index is 13.5. The van der Waals surface area contributed by atoms with Crippen LogP contribution in [0.4, 0.5) is 4.39 Å². The molecular formula is C18H22FN. The first-order valence-electron chi connectivity index (χ1n) is 7.52. The quantitative estimate of drug-likeness (QED) is 0.690. The normalized spacial score (nSPS) is 22.2. The molecular weight excluding hydrogens is 249 g/mol. The van der Waals surface area contributed by atoms with Crippen molar-refractivity contribution in [2.24, 2.45) is 11.8 Å². The summed E-state index contributed by atoms with van der Waals surface area (Å²) in [5.74, 6) is 1.21. The van der Waals surface area contributed by atoms with Crippen molar-refractivity contribution < 1.29 is 4.39 Å². The van der Waals surface area contributed by atoms with Crippen molar-refractivity contribution in [3.63, 3.8) is 0 Å². The molecule has 1 aliphatic rings. The summed E-state index contributed by atoms with van der Waals surface area (Å²) >= 11 is 0. The fraction of sp³-hybridized carbons (Fsp3) is 0.500. The first-order valence-corrected chi connectivity index (χ1v) is 7.52. The van der Waals surface area contributed by atoms with Crippen molar-refractivity contribution in [3.8, 4) is 6.07 Å². The molecule has 0 aliphatic heterocycles. The molecule has 20 heavy (non-hydrogen) atoms. The van der Waals surface area contributed by atoms with E-state index < -0.39 is 0 Å². The Labute approximate surface area is 121 Å². The Morgan fingerprint density at radius 2 is 1.95 bits per heavy atom. The Morgan fingerprint density at radius 1 is 1.25 bits per heavy atom. The van der Waals surface area contributed by atoms with Crippen LogP contribution >= 0.6 is 0 Å². The first-order chi connectivity index (χ1) is 9.72. The van der Waals surface area contributed by atoms with Gasteiger partial charge in [-0.3, -0.25) is 0 Å². The zero-order valence-corrected chi connectivity index (χ0v) is 11.9. The number of halogens is 1. The second kappa shape index (κ2) is 7.24. The van der Waals surface area contributed by atoms with Crippen LogP contribution in [0.15, 0.2) is 30.9 Å². The summed E-state index contributed by atoms with van der Waals surface area (Å²) in [5, 5.41) is 8.71. The van der Waals surface area contributed by atoms with Gasteiger partial charge >= 0.3 is 0 Å². The molecule has 1 aromatic rings. The zero-order valence-electron chi connectivity index (χ0n) is 11.9. The lowest BCUT2D eigenvalue weighted by Gasteiger charge is -2.27. The minimum Gasteiger partial charge on any atom is -0.206 e. The topological polar surface area (TPSA) is 23.8 Å².